The van der Waals surface area contributed by atoms with Crippen molar-refractivity contribution in [3.05, 3.63) is 151 Å². The molecule has 0 radical (unpaired) electrons. The molecule has 6 aromatic carbocycles. The van der Waals surface area contributed by atoms with E-state index in [1.165, 1.54) is 54.1 Å². The highest BCUT2D eigenvalue weighted by molar-refractivity contribution is 7.26. The number of aromatic nitrogens is 3. The van der Waals surface area contributed by atoms with Crippen LogP contribution >= 0.6 is 11.3 Å². The first kappa shape index (κ1) is 26.6. The van der Waals surface area contributed by atoms with Gasteiger partial charge in [0.15, 0.2) is 5.82 Å². The van der Waals surface area contributed by atoms with E-state index in [9.17, 15) is 0 Å². The van der Waals surface area contributed by atoms with E-state index in [0.717, 1.165) is 38.5 Å². The van der Waals surface area contributed by atoms with Crippen LogP contribution in [0.5, 0.6) is 0 Å². The van der Waals surface area contributed by atoms with Crippen LogP contribution in [-0.4, -0.2) is 14.5 Å². The van der Waals surface area contributed by atoms with Gasteiger partial charge in [-0.05, 0) is 58.7 Å². The molecule has 0 bridgehead atoms. The van der Waals surface area contributed by atoms with E-state index in [0.29, 0.717) is 0 Å². The average Bonchev–Trinajstić information content (AvgIpc) is 3.73. The summed E-state index contributed by atoms with van der Waals surface area (Å²) in [7, 11) is 0. The molecule has 47 heavy (non-hydrogen) atoms. The molecule has 0 fully saturated rings. The minimum atomic E-state index is -0.0797. The van der Waals surface area contributed by atoms with Gasteiger partial charge in [0.25, 0.3) is 0 Å². The zero-order chi connectivity index (χ0) is 31.3. The molecule has 1 aliphatic rings. The molecule has 0 unspecified atom stereocenters. The molecule has 0 aliphatic heterocycles. The monoisotopic (exact) mass is 619 g/mol. The molecule has 3 heterocycles. The molecule has 3 aromatic heterocycles. The Kier molecular flexibility index (Phi) is 5.50. The molecule has 0 saturated heterocycles. The topological polar surface area (TPSA) is 30.7 Å². The van der Waals surface area contributed by atoms with E-state index in [1.54, 1.807) is 11.3 Å². The van der Waals surface area contributed by atoms with Crippen LogP contribution in [0.4, 0.5) is 0 Å². The summed E-state index contributed by atoms with van der Waals surface area (Å²) in [6, 6.07) is 50.3. The number of para-hydroxylation sites is 1. The second kappa shape index (κ2) is 9.71. The molecule has 0 atom stereocenters. The molecule has 10 rings (SSSR count). The van der Waals surface area contributed by atoms with E-state index in [-0.39, 0.29) is 5.41 Å². The second-order valence-electron chi connectivity index (χ2n) is 13.0. The second-order valence-corrected chi connectivity index (χ2v) is 14.1. The first-order valence-electron chi connectivity index (χ1n) is 16.1. The Bertz CT molecular complexity index is 2710. The molecule has 0 amide bonds. The zero-order valence-corrected chi connectivity index (χ0v) is 26.8. The minimum Gasteiger partial charge on any atom is -0.309 e. The van der Waals surface area contributed by atoms with Crippen LogP contribution in [-0.2, 0) is 5.41 Å². The lowest BCUT2D eigenvalue weighted by Gasteiger charge is -2.21. The van der Waals surface area contributed by atoms with Crippen molar-refractivity contribution < 1.29 is 0 Å². The summed E-state index contributed by atoms with van der Waals surface area (Å²) in [5.41, 5.74) is 13.0. The third-order valence-electron chi connectivity index (χ3n) is 10.0. The summed E-state index contributed by atoms with van der Waals surface area (Å²) in [5, 5.41) is 3.70. The highest BCUT2D eigenvalue weighted by Gasteiger charge is 2.36. The minimum absolute atomic E-state index is 0.0797. The van der Waals surface area contributed by atoms with Crippen LogP contribution in [0.3, 0.4) is 0 Å². The van der Waals surface area contributed by atoms with Gasteiger partial charge in [-0.25, -0.2) is 9.97 Å². The van der Waals surface area contributed by atoms with E-state index in [1.807, 2.05) is 0 Å². The number of rotatable bonds is 3. The molecule has 222 valence electrons. The summed E-state index contributed by atoms with van der Waals surface area (Å²) in [6.45, 7) is 4.70. The van der Waals surface area contributed by atoms with Gasteiger partial charge in [-0.2, -0.15) is 0 Å². The van der Waals surface area contributed by atoms with Gasteiger partial charge in [0, 0.05) is 43.1 Å². The zero-order valence-electron chi connectivity index (χ0n) is 26.0. The smallest absolute Gasteiger partial charge is 0.160 e. The fourth-order valence-corrected chi connectivity index (χ4v) is 8.89. The molecule has 9 aromatic rings. The first-order valence-corrected chi connectivity index (χ1v) is 16.9. The van der Waals surface area contributed by atoms with Crippen LogP contribution in [0.25, 0.3) is 81.6 Å². The Labute approximate surface area is 276 Å². The Morgan fingerprint density at radius 2 is 1.30 bits per heavy atom. The fourth-order valence-electron chi connectivity index (χ4n) is 7.74. The van der Waals surface area contributed by atoms with Crippen molar-refractivity contribution in [1.82, 2.24) is 14.5 Å². The van der Waals surface area contributed by atoms with Crippen LogP contribution in [0.1, 0.15) is 25.0 Å². The number of benzene rings is 6. The van der Waals surface area contributed by atoms with E-state index in [4.69, 9.17) is 9.97 Å². The maximum absolute atomic E-state index is 5.26. The number of nitrogens with zero attached hydrogens (tertiary/aromatic N) is 3. The number of fused-ring (bicyclic) bond motifs is 9. The standard InChI is InChI=1S/C43H29N3S/c1-43(2)34-20-9-6-17-29(34)32-24-33-30-18-7-10-21-36(30)46(37(33)25-35(32)43)28-16-12-15-27(23-28)42-44-39(26-13-4-3-5-14-26)41-40(45-42)31-19-8-11-22-38(31)47-41/h3-25H,1-2H3. The third-order valence-corrected chi connectivity index (χ3v) is 11.2. The molecule has 0 saturated carbocycles. The van der Waals surface area contributed by atoms with E-state index < -0.39 is 0 Å². The van der Waals surface area contributed by atoms with Crippen molar-refractivity contribution in [2.45, 2.75) is 19.3 Å². The lowest BCUT2D eigenvalue weighted by atomic mass is 9.82. The average molecular weight is 620 g/mol. The Balaban J connectivity index is 1.22. The highest BCUT2D eigenvalue weighted by Crippen LogP contribution is 2.51. The summed E-state index contributed by atoms with van der Waals surface area (Å²) in [6.07, 6.45) is 0. The fraction of sp³-hybridized carbons (Fsp3) is 0.0698. The summed E-state index contributed by atoms with van der Waals surface area (Å²) >= 11 is 1.77. The molecule has 1 aliphatic carbocycles. The SMILES string of the molecule is CC1(C)c2ccccc2-c2cc3c4ccccc4n(-c4cccc(-c5nc(-c6ccccc6)c6sc7ccccc7c6n5)c4)c3cc21. The quantitative estimate of drug-likeness (QED) is 0.197. The molecule has 3 nitrogen and oxygen atoms in total. The molecular weight excluding hydrogens is 591 g/mol. The van der Waals surface area contributed by atoms with Crippen molar-refractivity contribution in [3.8, 4) is 39.5 Å². The third kappa shape index (κ3) is 3.79. The van der Waals surface area contributed by atoms with Crippen LogP contribution in [0, 0.1) is 0 Å². The maximum Gasteiger partial charge on any atom is 0.160 e. The van der Waals surface area contributed by atoms with Gasteiger partial charge in [-0.1, -0.05) is 117 Å². The number of thiophene rings is 1. The van der Waals surface area contributed by atoms with Gasteiger partial charge in [0.1, 0.15) is 0 Å². The van der Waals surface area contributed by atoms with Crippen molar-refractivity contribution in [2.24, 2.45) is 0 Å². The summed E-state index contributed by atoms with van der Waals surface area (Å²) in [5.74, 6) is 0.736. The van der Waals surface area contributed by atoms with Crippen molar-refractivity contribution >= 4 is 53.4 Å². The molecule has 0 spiro atoms. The molecular formula is C43H29N3S. The van der Waals surface area contributed by atoms with E-state index >= 15 is 0 Å². The van der Waals surface area contributed by atoms with Crippen LogP contribution < -0.4 is 0 Å². The molecule has 4 heteroatoms. The molecule has 0 N–H and O–H groups in total. The van der Waals surface area contributed by atoms with Gasteiger partial charge < -0.3 is 4.57 Å². The lowest BCUT2D eigenvalue weighted by molar-refractivity contribution is 0.661. The normalized spacial score (nSPS) is 13.5. The largest absolute Gasteiger partial charge is 0.309 e. The van der Waals surface area contributed by atoms with Gasteiger partial charge in [0.2, 0.25) is 0 Å². The Hall–Kier alpha value is -5.58. The lowest BCUT2D eigenvalue weighted by Crippen LogP contribution is -2.14. The van der Waals surface area contributed by atoms with Gasteiger partial charge in [0.05, 0.1) is 26.9 Å². The first-order chi connectivity index (χ1) is 23.1. The maximum atomic E-state index is 5.26. The number of hydrogen-bond acceptors (Lipinski definition) is 3. The summed E-state index contributed by atoms with van der Waals surface area (Å²) in [4.78, 5) is 10.5. The van der Waals surface area contributed by atoms with Crippen LogP contribution in [0.15, 0.2) is 140 Å². The van der Waals surface area contributed by atoms with Gasteiger partial charge in [-0.3, -0.25) is 0 Å². The van der Waals surface area contributed by atoms with Gasteiger partial charge >= 0.3 is 0 Å². The highest BCUT2D eigenvalue weighted by atomic mass is 32.1. The predicted octanol–water partition coefficient (Wildman–Crippen LogP) is 11.6. The van der Waals surface area contributed by atoms with Crippen LogP contribution in [0.2, 0.25) is 0 Å². The Morgan fingerprint density at radius 1 is 0.553 bits per heavy atom. The number of hydrogen-bond donors (Lipinski definition) is 0. The van der Waals surface area contributed by atoms with Crippen molar-refractivity contribution in [1.29, 1.82) is 0 Å². The Morgan fingerprint density at radius 3 is 2.19 bits per heavy atom. The van der Waals surface area contributed by atoms with Gasteiger partial charge in [-0.15, -0.1) is 11.3 Å². The predicted molar refractivity (Wildman–Crippen MR) is 198 cm³/mol. The van der Waals surface area contributed by atoms with E-state index in [2.05, 4.69) is 158 Å². The summed E-state index contributed by atoms with van der Waals surface area (Å²) < 4.78 is 4.77. The van der Waals surface area contributed by atoms with Crippen molar-refractivity contribution in [3.63, 3.8) is 0 Å². The van der Waals surface area contributed by atoms with Crippen molar-refractivity contribution in [2.75, 3.05) is 0 Å².